The topological polar surface area (TPSA) is 53.5 Å². The predicted molar refractivity (Wildman–Crippen MR) is 200 cm³/mol. The summed E-state index contributed by atoms with van der Waals surface area (Å²) in [5, 5.41) is 4.66. The van der Waals surface area contributed by atoms with Crippen LogP contribution >= 0.6 is 0 Å². The molecule has 2 fully saturated rings. The molecule has 0 unspecified atom stereocenters. The summed E-state index contributed by atoms with van der Waals surface area (Å²) in [4.78, 5) is 14.5. The van der Waals surface area contributed by atoms with Crippen LogP contribution in [0.2, 0.25) is 0 Å². The zero-order valence-electron chi connectivity index (χ0n) is 28.9. The van der Waals surface area contributed by atoms with Crippen LogP contribution in [0.5, 0.6) is 5.75 Å². The highest BCUT2D eigenvalue weighted by Crippen LogP contribution is 2.36. The lowest BCUT2D eigenvalue weighted by molar-refractivity contribution is 0.221. The minimum atomic E-state index is -0.285. The number of piperidine rings is 1. The molecule has 2 aliphatic rings. The van der Waals surface area contributed by atoms with Crippen LogP contribution in [0, 0.1) is 13.8 Å². The van der Waals surface area contributed by atoms with E-state index in [0.717, 1.165) is 101 Å². The third-order valence-electron chi connectivity index (χ3n) is 10.2. The molecule has 0 spiro atoms. The highest BCUT2D eigenvalue weighted by molar-refractivity contribution is 5.91. The second kappa shape index (κ2) is 14.9. The second-order valence-electron chi connectivity index (χ2n) is 13.5. The minimum Gasteiger partial charge on any atom is -0.496 e. The number of benzene rings is 3. The molecule has 6 nitrogen and oxygen atoms in total. The fourth-order valence-corrected chi connectivity index (χ4v) is 7.38. The molecule has 7 rings (SSSR count). The maximum Gasteiger partial charge on any atom is 0.156 e. The normalized spacial score (nSPS) is 16.0. The summed E-state index contributed by atoms with van der Waals surface area (Å²) in [6.07, 6.45) is 11.8. The van der Waals surface area contributed by atoms with E-state index >= 15 is 4.39 Å². The number of halogens is 1. The average molecular weight is 656 g/mol. The molecular weight excluding hydrogens is 609 g/mol. The quantitative estimate of drug-likeness (QED) is 0.151. The highest BCUT2D eigenvalue weighted by atomic mass is 19.1. The molecule has 2 aliphatic heterocycles. The molecule has 0 amide bonds. The van der Waals surface area contributed by atoms with E-state index in [1.54, 1.807) is 13.2 Å². The van der Waals surface area contributed by atoms with E-state index in [1.165, 1.54) is 37.7 Å². The SMILES string of the molecule is COc1cc(/C(F)=C/c2cccc(-c3cccc(Nc4nccc5cc(CN6CCCCC6)cnc45)c3C)c2C)ccc1CN1CCCC1. The van der Waals surface area contributed by atoms with Crippen molar-refractivity contribution in [2.75, 3.05) is 38.6 Å². The number of nitrogens with zero attached hydrogens (tertiary/aromatic N) is 4. The zero-order chi connectivity index (χ0) is 33.7. The van der Waals surface area contributed by atoms with Crippen LogP contribution in [-0.4, -0.2) is 53.1 Å². The number of likely N-dealkylation sites (tertiary alicyclic amines) is 2. The Labute approximate surface area is 289 Å². The van der Waals surface area contributed by atoms with Crippen molar-refractivity contribution in [2.45, 2.75) is 59.0 Å². The average Bonchev–Trinajstić information content (AvgIpc) is 3.64. The second-order valence-corrected chi connectivity index (χ2v) is 13.5. The molecule has 1 N–H and O–H groups in total. The molecule has 2 aromatic heterocycles. The van der Waals surface area contributed by atoms with Gasteiger partial charge in [-0.25, -0.2) is 9.37 Å². The van der Waals surface area contributed by atoms with Crippen LogP contribution in [0.25, 0.3) is 33.9 Å². The number of rotatable bonds is 10. The van der Waals surface area contributed by atoms with E-state index in [4.69, 9.17) is 9.72 Å². The summed E-state index contributed by atoms with van der Waals surface area (Å²) in [5.41, 5.74) is 9.76. The van der Waals surface area contributed by atoms with Crippen molar-refractivity contribution >= 4 is 34.3 Å². The molecule has 0 aliphatic carbocycles. The summed E-state index contributed by atoms with van der Waals surface area (Å²) in [5.74, 6) is 1.18. The van der Waals surface area contributed by atoms with Crippen LogP contribution in [0.4, 0.5) is 15.9 Å². The lowest BCUT2D eigenvalue weighted by atomic mass is 9.92. The van der Waals surface area contributed by atoms with Crippen molar-refractivity contribution in [1.82, 2.24) is 19.8 Å². The first kappa shape index (κ1) is 32.9. The molecule has 0 atom stereocenters. The van der Waals surface area contributed by atoms with Gasteiger partial charge in [-0.3, -0.25) is 14.8 Å². The summed E-state index contributed by atoms with van der Waals surface area (Å²) in [6.45, 7) is 10.5. The Morgan fingerprint density at radius 2 is 1.53 bits per heavy atom. The standard InChI is InChI=1S/C42H46FN5O/c1-29-32(24-38(43)33-15-16-35(40(25-33)49-3)28-48-21-7-8-22-48)11-9-12-36(29)37-13-10-14-39(30(37)2)46-42-41-34(17-18-44-42)23-31(26-45-41)27-47-19-5-4-6-20-47/h9-18,23-26H,4-8,19-22,27-28H2,1-3H3,(H,44,46)/b38-24-. The first-order chi connectivity index (χ1) is 24.0. The van der Waals surface area contributed by atoms with Gasteiger partial charge >= 0.3 is 0 Å². The molecule has 2 saturated heterocycles. The highest BCUT2D eigenvalue weighted by Gasteiger charge is 2.17. The van der Waals surface area contributed by atoms with Crippen LogP contribution in [-0.2, 0) is 13.1 Å². The maximum atomic E-state index is 15.8. The molecule has 4 heterocycles. The van der Waals surface area contributed by atoms with Crippen LogP contribution in [0.1, 0.15) is 65.5 Å². The van der Waals surface area contributed by atoms with E-state index < -0.39 is 0 Å². The van der Waals surface area contributed by atoms with Gasteiger partial charge in [0.05, 0.1) is 7.11 Å². The fraction of sp³-hybridized carbons (Fsp3) is 0.333. The largest absolute Gasteiger partial charge is 0.496 e. The third-order valence-corrected chi connectivity index (χ3v) is 10.2. The minimum absolute atomic E-state index is 0.285. The smallest absolute Gasteiger partial charge is 0.156 e. The number of nitrogens with one attached hydrogen (secondary N) is 1. The van der Waals surface area contributed by atoms with Gasteiger partial charge < -0.3 is 10.1 Å². The zero-order valence-corrected chi connectivity index (χ0v) is 28.9. The van der Waals surface area contributed by atoms with E-state index in [9.17, 15) is 0 Å². The van der Waals surface area contributed by atoms with Gasteiger partial charge in [0.15, 0.2) is 5.82 Å². The summed E-state index contributed by atoms with van der Waals surface area (Å²) >= 11 is 0. The molecule has 5 aromatic rings. The Morgan fingerprint density at radius 3 is 2.31 bits per heavy atom. The summed E-state index contributed by atoms with van der Waals surface area (Å²) < 4.78 is 21.5. The summed E-state index contributed by atoms with van der Waals surface area (Å²) in [6, 6.07) is 22.3. The number of ether oxygens (including phenoxy) is 1. The van der Waals surface area contributed by atoms with Crippen molar-refractivity contribution in [3.63, 3.8) is 0 Å². The van der Waals surface area contributed by atoms with Crippen LogP contribution < -0.4 is 10.1 Å². The molecule has 7 heteroatoms. The van der Waals surface area contributed by atoms with Gasteiger partial charge in [0.1, 0.15) is 17.1 Å². The number of aromatic nitrogens is 2. The van der Waals surface area contributed by atoms with Crippen molar-refractivity contribution < 1.29 is 9.13 Å². The van der Waals surface area contributed by atoms with Crippen molar-refractivity contribution in [1.29, 1.82) is 0 Å². The van der Waals surface area contributed by atoms with Crippen molar-refractivity contribution in [3.8, 4) is 16.9 Å². The van der Waals surface area contributed by atoms with E-state index in [2.05, 4.69) is 64.3 Å². The Balaban J connectivity index is 1.13. The summed E-state index contributed by atoms with van der Waals surface area (Å²) in [7, 11) is 1.66. The van der Waals surface area contributed by atoms with Gasteiger partial charge in [-0.15, -0.1) is 0 Å². The number of hydrogen-bond donors (Lipinski definition) is 1. The van der Waals surface area contributed by atoms with Crippen molar-refractivity contribution in [2.24, 2.45) is 0 Å². The van der Waals surface area contributed by atoms with Gasteiger partial charge in [0, 0.05) is 47.7 Å². The Kier molecular flexibility index (Phi) is 10.0. The third kappa shape index (κ3) is 7.38. The van der Waals surface area contributed by atoms with E-state index in [0.29, 0.717) is 5.56 Å². The van der Waals surface area contributed by atoms with E-state index in [-0.39, 0.29) is 5.83 Å². The number of hydrogen-bond acceptors (Lipinski definition) is 6. The Hall–Kier alpha value is -4.59. The Morgan fingerprint density at radius 1 is 0.816 bits per heavy atom. The Bertz CT molecular complexity index is 1980. The van der Waals surface area contributed by atoms with Crippen molar-refractivity contribution in [3.05, 3.63) is 113 Å². The van der Waals surface area contributed by atoms with Gasteiger partial charge in [0.2, 0.25) is 0 Å². The molecule has 0 saturated carbocycles. The number of fused-ring (bicyclic) bond motifs is 1. The molecular formula is C42H46FN5O. The molecule has 252 valence electrons. The number of pyridine rings is 2. The predicted octanol–water partition coefficient (Wildman–Crippen LogP) is 9.72. The lowest BCUT2D eigenvalue weighted by Crippen LogP contribution is -2.29. The molecule has 0 radical (unpaired) electrons. The van der Waals surface area contributed by atoms with Crippen LogP contribution in [0.15, 0.2) is 79.1 Å². The molecule has 49 heavy (non-hydrogen) atoms. The first-order valence-electron chi connectivity index (χ1n) is 17.7. The lowest BCUT2D eigenvalue weighted by Gasteiger charge is -2.26. The first-order valence-corrected chi connectivity index (χ1v) is 17.7. The maximum absolute atomic E-state index is 15.8. The van der Waals surface area contributed by atoms with Gasteiger partial charge in [-0.05, 0) is 129 Å². The number of methoxy groups -OCH3 is 1. The molecule has 3 aromatic carbocycles. The van der Waals surface area contributed by atoms with Gasteiger partial charge in [-0.1, -0.05) is 48.9 Å². The molecule has 0 bridgehead atoms. The van der Waals surface area contributed by atoms with Crippen LogP contribution in [0.3, 0.4) is 0 Å². The van der Waals surface area contributed by atoms with E-state index in [1.807, 2.05) is 48.8 Å². The van der Waals surface area contributed by atoms with Gasteiger partial charge in [0.25, 0.3) is 0 Å². The van der Waals surface area contributed by atoms with Gasteiger partial charge in [-0.2, -0.15) is 0 Å². The monoisotopic (exact) mass is 655 g/mol. The fourth-order valence-electron chi connectivity index (χ4n) is 7.38. The number of anilines is 2.